The van der Waals surface area contributed by atoms with E-state index in [1.807, 2.05) is 39.0 Å². The second-order valence-corrected chi connectivity index (χ2v) is 26.6. The third kappa shape index (κ3) is 13.1. The van der Waals surface area contributed by atoms with Gasteiger partial charge < -0.3 is 45.2 Å². The van der Waals surface area contributed by atoms with Crippen molar-refractivity contribution in [3.63, 3.8) is 0 Å². The second kappa shape index (κ2) is 28.7. The zero-order valence-corrected chi connectivity index (χ0v) is 58.5. The van der Waals surface area contributed by atoms with Crippen molar-refractivity contribution in [1.82, 2.24) is 35.9 Å². The van der Waals surface area contributed by atoms with Gasteiger partial charge >= 0.3 is 11.9 Å². The van der Waals surface area contributed by atoms with E-state index in [-0.39, 0.29) is 79.1 Å². The van der Waals surface area contributed by atoms with Crippen LogP contribution >= 0.6 is 0 Å². The number of methoxy groups -OCH3 is 2. The van der Waals surface area contributed by atoms with Crippen LogP contribution in [0.25, 0.3) is 39.3 Å². The standard InChI is InChI=1S/C78H94N10O8/c1-16-20-21-22-30-96-47(13)71-44(10)60-34-59-42(8)51(74(85-59)53-31-67(89)72-45(11)61(87-76(53)72)36-64-50(19-4)41(7)57(83-64)38-66(71)84-60)24-26-68(90)79-28-23-29-80-78(93)73-46(12)62-37-65-49(18-3)40(6)56(82-65)35-63-48(17-2)39(5)55(81-63)33-58-43(9)52(25-27-69(91)94-14)75(86-58)54(77(73)88-62)32-70(92)95-15/h17,33-38,42-43,47,51-52,81,85,88-89H,2,16,18-32H2,1,3-15H3,(H,79,90)(H,80,93)/t42-,43-,47?,51-,52-/m0/s1. The first-order valence-electron chi connectivity index (χ1n) is 34.5. The molecule has 0 spiro atoms. The number of carbonyl (C=O) groups excluding carboxylic acids is 4. The summed E-state index contributed by atoms with van der Waals surface area (Å²) in [7, 11) is 2.70. The number of ether oxygens (including phenoxy) is 3. The quantitative estimate of drug-likeness (QED) is 0.0385. The highest BCUT2D eigenvalue weighted by Crippen LogP contribution is 2.48. The molecule has 1 aliphatic carbocycles. The van der Waals surface area contributed by atoms with Gasteiger partial charge in [-0.3, -0.25) is 24.2 Å². The number of esters is 2. The Balaban J connectivity index is 0.877. The molecule has 1 saturated heterocycles. The molecule has 7 aliphatic heterocycles. The summed E-state index contributed by atoms with van der Waals surface area (Å²) in [6.45, 7) is 30.4. The van der Waals surface area contributed by atoms with Crippen LogP contribution in [0.4, 0.5) is 0 Å². The topological polar surface area (TPSA) is 247 Å². The molecule has 6 N–H and O–H groups in total. The number of carbonyl (C=O) groups is 4. The Morgan fingerprint density at radius 3 is 2.17 bits per heavy atom. The molecule has 8 aliphatic rings. The number of amides is 2. The Labute approximate surface area is 564 Å². The number of aliphatic hydroxyl groups is 1. The number of hydrogen-bond donors (Lipinski definition) is 6. The summed E-state index contributed by atoms with van der Waals surface area (Å²) in [6, 6.07) is 6.04. The summed E-state index contributed by atoms with van der Waals surface area (Å²) in [6.07, 6.45) is 15.6. The van der Waals surface area contributed by atoms with Crippen molar-refractivity contribution in [1.29, 1.82) is 0 Å². The number of aromatic amines is 2. The van der Waals surface area contributed by atoms with Gasteiger partial charge in [-0.15, -0.1) is 0 Å². The highest BCUT2D eigenvalue weighted by Gasteiger charge is 2.42. The Hall–Kier alpha value is -9.03. The van der Waals surface area contributed by atoms with E-state index in [1.54, 1.807) is 0 Å². The lowest BCUT2D eigenvalue weighted by molar-refractivity contribution is -0.141. The van der Waals surface area contributed by atoms with Crippen LogP contribution in [-0.2, 0) is 35.0 Å². The van der Waals surface area contributed by atoms with Crippen LogP contribution in [-0.4, -0.2) is 106 Å². The molecule has 0 aromatic carbocycles. The van der Waals surface area contributed by atoms with Gasteiger partial charge in [0, 0.05) is 124 Å². The van der Waals surface area contributed by atoms with Gasteiger partial charge in [0.25, 0.3) is 5.91 Å². The minimum atomic E-state index is -0.529. The average molecular weight is 1300 g/mol. The van der Waals surface area contributed by atoms with Crippen LogP contribution in [0.3, 0.4) is 0 Å². The van der Waals surface area contributed by atoms with Crippen LogP contribution in [0.1, 0.15) is 214 Å². The molecule has 3 aromatic rings. The minimum absolute atomic E-state index is 0.0613. The fraction of sp³-hybridized carbons (Fsp3) is 0.449. The molecule has 96 heavy (non-hydrogen) atoms. The summed E-state index contributed by atoms with van der Waals surface area (Å²) in [5, 5.41) is 21.9. The van der Waals surface area contributed by atoms with E-state index in [0.29, 0.717) is 78.7 Å². The summed E-state index contributed by atoms with van der Waals surface area (Å²) in [5.74, 6) is -1.90. The van der Waals surface area contributed by atoms with Gasteiger partial charge in [-0.1, -0.05) is 66.5 Å². The Morgan fingerprint density at radius 2 is 1.44 bits per heavy atom. The summed E-state index contributed by atoms with van der Waals surface area (Å²) < 4.78 is 17.1. The molecule has 1 fully saturated rings. The highest BCUT2D eigenvalue weighted by atomic mass is 16.5. The van der Waals surface area contributed by atoms with E-state index in [4.69, 9.17) is 39.2 Å². The first kappa shape index (κ1) is 68.4. The van der Waals surface area contributed by atoms with Gasteiger partial charge in [-0.25, -0.2) is 20.0 Å². The van der Waals surface area contributed by atoms with Crippen LogP contribution in [0.5, 0.6) is 0 Å². The van der Waals surface area contributed by atoms with Crippen molar-refractivity contribution in [3.8, 4) is 0 Å². The molecular formula is C78H94N10O8. The highest BCUT2D eigenvalue weighted by molar-refractivity contribution is 6.21. The van der Waals surface area contributed by atoms with Crippen LogP contribution < -0.4 is 16.0 Å². The Morgan fingerprint density at radius 1 is 0.729 bits per heavy atom. The maximum Gasteiger partial charge on any atom is 0.310 e. The number of allylic oxidation sites excluding steroid dienone is 13. The number of nitrogens with zero attached hydrogens (tertiary/aromatic N) is 5. The maximum atomic E-state index is 15.1. The Kier molecular flexibility index (Phi) is 20.5. The van der Waals surface area contributed by atoms with E-state index >= 15 is 4.79 Å². The van der Waals surface area contributed by atoms with Crippen molar-refractivity contribution in [2.75, 3.05) is 33.9 Å². The number of aliphatic hydroxyl groups excluding tert-OH is 1. The number of aryl methyl sites for hydroxylation is 2. The number of fused-ring (bicyclic) bond motifs is 13. The third-order valence-electron chi connectivity index (χ3n) is 20.9. The summed E-state index contributed by atoms with van der Waals surface area (Å²) >= 11 is 0. The lowest BCUT2D eigenvalue weighted by Gasteiger charge is -2.18. The minimum Gasteiger partial charge on any atom is -0.511 e. The third-order valence-corrected chi connectivity index (χ3v) is 20.9. The number of rotatable bonds is 23. The van der Waals surface area contributed by atoms with Crippen molar-refractivity contribution < 1.29 is 38.5 Å². The average Bonchev–Trinajstić information content (AvgIpc) is 1.59. The number of nitrogens with one attached hydrogen (secondary N) is 5. The summed E-state index contributed by atoms with van der Waals surface area (Å²) in [4.78, 5) is 89.4. The van der Waals surface area contributed by atoms with E-state index < -0.39 is 5.97 Å². The lowest BCUT2D eigenvalue weighted by Crippen LogP contribution is -2.30. The molecule has 11 rings (SSSR count). The molecule has 504 valence electrons. The van der Waals surface area contributed by atoms with E-state index in [2.05, 4.69) is 119 Å². The maximum absolute atomic E-state index is 15.1. The van der Waals surface area contributed by atoms with E-state index in [1.165, 1.54) is 20.6 Å². The van der Waals surface area contributed by atoms with Gasteiger partial charge in [0.2, 0.25) is 5.91 Å². The molecule has 18 nitrogen and oxygen atoms in total. The monoisotopic (exact) mass is 1300 g/mol. The SMILES string of the molecule is C=Cc1c(C)c2cc3nc(c(CC(=O)OC)c4[nH]c(cc5nc(cc1[nH]2)C(C)=C5CC)c(C)c4C(=O)NCCCNC(=O)CC[C@@H]1C2=C4CC(O)=C5C4=NC(=C5C)C=C4N=C(C=C5N=C(C=C(N2)[C@H]1C)C(C)=C5C(C)OCCCCCC)C(C)=C4CC)[C@@H](CCC(=O)OC)[C@@H]3C. The van der Waals surface area contributed by atoms with Crippen molar-refractivity contribution in [2.24, 2.45) is 26.8 Å². The molecule has 3 aromatic heterocycles. The molecule has 10 heterocycles. The second-order valence-electron chi connectivity index (χ2n) is 26.6. The molecular weight excluding hydrogens is 1200 g/mol. The van der Waals surface area contributed by atoms with Gasteiger partial charge in [-0.05, 0) is 168 Å². The van der Waals surface area contributed by atoms with Crippen molar-refractivity contribution in [2.45, 2.75) is 184 Å². The van der Waals surface area contributed by atoms with E-state index in [0.717, 1.165) is 161 Å². The summed E-state index contributed by atoms with van der Waals surface area (Å²) in [5.41, 5.74) is 24.7. The molecule has 0 saturated carbocycles. The molecule has 1 unspecified atom stereocenters. The number of aliphatic imine (C=N–C) groups is 3. The molecule has 18 heteroatoms. The van der Waals surface area contributed by atoms with Crippen LogP contribution in [0, 0.1) is 25.7 Å². The molecule has 5 atom stereocenters. The zero-order valence-electron chi connectivity index (χ0n) is 58.5. The fourth-order valence-electron chi connectivity index (χ4n) is 15.2. The largest absolute Gasteiger partial charge is 0.511 e. The molecule has 16 bridgehead atoms. The number of unbranched alkanes of at least 4 members (excludes halogenated alkanes) is 3. The first-order chi connectivity index (χ1) is 46.1. The number of hydrogen-bond acceptors (Lipinski definition) is 14. The number of H-pyrrole nitrogens is 2. The smallest absolute Gasteiger partial charge is 0.310 e. The number of aromatic nitrogens is 4. The predicted molar refractivity (Wildman–Crippen MR) is 382 cm³/mol. The normalized spacial score (nSPS) is 20.0. The van der Waals surface area contributed by atoms with Crippen molar-refractivity contribution in [3.05, 3.63) is 167 Å². The van der Waals surface area contributed by atoms with E-state index in [9.17, 15) is 19.5 Å². The lowest BCUT2D eigenvalue weighted by atomic mass is 9.85. The zero-order chi connectivity index (χ0) is 68.5. The van der Waals surface area contributed by atoms with Gasteiger partial charge in [0.1, 0.15) is 5.76 Å². The first-order valence-corrected chi connectivity index (χ1v) is 34.5. The van der Waals surface area contributed by atoms with Gasteiger partial charge in [-0.2, -0.15) is 0 Å². The van der Waals surface area contributed by atoms with Crippen molar-refractivity contribution >= 4 is 80.2 Å². The van der Waals surface area contributed by atoms with Gasteiger partial charge in [0.05, 0.1) is 89.1 Å². The molecule has 0 radical (unpaired) electrons. The van der Waals surface area contributed by atoms with Gasteiger partial charge in [0.15, 0.2) is 0 Å². The fourth-order valence-corrected chi connectivity index (χ4v) is 15.2. The molecule has 2 amide bonds. The van der Waals surface area contributed by atoms with Crippen LogP contribution in [0.2, 0.25) is 0 Å². The van der Waals surface area contributed by atoms with Crippen LogP contribution in [0.15, 0.2) is 131 Å². The Bertz CT molecular complexity index is 4390. The predicted octanol–water partition coefficient (Wildman–Crippen LogP) is 15.1.